The van der Waals surface area contributed by atoms with Gasteiger partial charge >= 0.3 is 0 Å². The van der Waals surface area contributed by atoms with Crippen LogP contribution in [0, 0.1) is 15.5 Å². The molecule has 0 bridgehead atoms. The van der Waals surface area contributed by atoms with Gasteiger partial charge in [0.25, 0.3) is 11.6 Å². The smallest absolute Gasteiger partial charge is 0.269 e. The predicted molar refractivity (Wildman–Crippen MR) is 132 cm³/mol. The van der Waals surface area contributed by atoms with E-state index in [0.717, 1.165) is 31.2 Å². The fourth-order valence-corrected chi connectivity index (χ4v) is 4.22. The van der Waals surface area contributed by atoms with Crippen molar-refractivity contribution >= 4 is 23.2 Å². The van der Waals surface area contributed by atoms with Crippen LogP contribution in [0.3, 0.4) is 0 Å². The summed E-state index contributed by atoms with van der Waals surface area (Å²) in [5.41, 5.74) is 7.87. The average Bonchev–Trinajstić information content (AvgIpc) is 2.78. The molecule has 1 aliphatic rings. The average molecular weight is 467 g/mol. The Bertz CT molecular complexity index is 1000. The highest BCUT2D eigenvalue weighted by Crippen LogP contribution is 2.28. The SMILES string of the molecule is CC(C)(C)CC(=O)N(Cc1ccc(NC(=O)c2ccc([N+](=O)[O-])cc2)cc1)C1CCC(N)CC1. The number of non-ortho nitro benzene ring substituents is 1. The minimum atomic E-state index is -0.502. The zero-order valence-electron chi connectivity index (χ0n) is 20.1. The van der Waals surface area contributed by atoms with Gasteiger partial charge in [0.2, 0.25) is 5.91 Å². The van der Waals surface area contributed by atoms with Crippen LogP contribution in [-0.4, -0.2) is 33.7 Å². The number of nitrogens with one attached hydrogen (secondary N) is 1. The number of amides is 2. The zero-order chi connectivity index (χ0) is 24.9. The Morgan fingerprint density at radius 3 is 2.15 bits per heavy atom. The second-order valence-corrected chi connectivity index (χ2v) is 10.3. The minimum absolute atomic E-state index is 0.0635. The molecule has 2 aromatic carbocycles. The summed E-state index contributed by atoms with van der Waals surface area (Å²) in [7, 11) is 0. The lowest BCUT2D eigenvalue weighted by Crippen LogP contribution is -2.44. The number of carbonyl (C=O) groups is 2. The van der Waals surface area contributed by atoms with Gasteiger partial charge in [0.05, 0.1) is 4.92 Å². The van der Waals surface area contributed by atoms with Gasteiger partial charge in [-0.05, 0) is 60.9 Å². The van der Waals surface area contributed by atoms with E-state index in [2.05, 4.69) is 26.1 Å². The van der Waals surface area contributed by atoms with E-state index < -0.39 is 4.92 Å². The molecule has 3 rings (SSSR count). The molecule has 0 saturated heterocycles. The molecule has 182 valence electrons. The Balaban J connectivity index is 1.67. The van der Waals surface area contributed by atoms with Crippen LogP contribution in [-0.2, 0) is 11.3 Å². The maximum atomic E-state index is 13.2. The van der Waals surface area contributed by atoms with Crippen molar-refractivity contribution < 1.29 is 14.5 Å². The Hall–Kier alpha value is -3.26. The van der Waals surface area contributed by atoms with Gasteiger partial charge in [0.15, 0.2) is 0 Å². The van der Waals surface area contributed by atoms with Crippen molar-refractivity contribution in [3.05, 3.63) is 69.8 Å². The molecule has 1 aliphatic carbocycles. The number of hydrogen-bond donors (Lipinski definition) is 2. The molecule has 8 nitrogen and oxygen atoms in total. The molecule has 0 unspecified atom stereocenters. The van der Waals surface area contributed by atoms with Crippen LogP contribution in [0.5, 0.6) is 0 Å². The third-order valence-electron chi connectivity index (χ3n) is 6.09. The first-order valence-corrected chi connectivity index (χ1v) is 11.7. The maximum absolute atomic E-state index is 13.2. The van der Waals surface area contributed by atoms with Gasteiger partial charge in [-0.25, -0.2) is 0 Å². The lowest BCUT2D eigenvalue weighted by molar-refractivity contribution is -0.384. The number of nitrogens with two attached hydrogens (primary N) is 1. The van der Waals surface area contributed by atoms with E-state index in [4.69, 9.17) is 5.73 Å². The van der Waals surface area contributed by atoms with E-state index in [9.17, 15) is 19.7 Å². The van der Waals surface area contributed by atoms with Gasteiger partial charge in [0.1, 0.15) is 0 Å². The van der Waals surface area contributed by atoms with Gasteiger partial charge in [-0.3, -0.25) is 19.7 Å². The molecule has 3 N–H and O–H groups in total. The van der Waals surface area contributed by atoms with E-state index in [1.54, 1.807) is 0 Å². The van der Waals surface area contributed by atoms with E-state index in [0.29, 0.717) is 24.2 Å². The first-order valence-electron chi connectivity index (χ1n) is 11.7. The van der Waals surface area contributed by atoms with Gasteiger partial charge < -0.3 is 16.0 Å². The zero-order valence-corrected chi connectivity index (χ0v) is 20.1. The van der Waals surface area contributed by atoms with E-state index >= 15 is 0 Å². The van der Waals surface area contributed by atoms with Gasteiger partial charge in [-0.1, -0.05) is 32.9 Å². The predicted octanol–water partition coefficient (Wildman–Crippen LogP) is 4.88. The molecule has 0 atom stereocenters. The number of nitro groups is 1. The molecule has 0 heterocycles. The van der Waals surface area contributed by atoms with Crippen LogP contribution in [0.1, 0.15) is 68.8 Å². The lowest BCUT2D eigenvalue weighted by atomic mass is 9.88. The molecule has 8 heteroatoms. The van der Waals surface area contributed by atoms with Gasteiger partial charge in [-0.2, -0.15) is 0 Å². The molecule has 34 heavy (non-hydrogen) atoms. The van der Waals surface area contributed by atoms with E-state index in [1.807, 2.05) is 29.2 Å². The minimum Gasteiger partial charge on any atom is -0.335 e. The standard InChI is InChI=1S/C26H34N4O4/c1-26(2,3)16-24(31)29(22-14-8-20(27)9-15-22)17-18-4-10-21(11-5-18)28-25(32)19-6-12-23(13-7-19)30(33)34/h4-7,10-13,20,22H,8-9,14-17,27H2,1-3H3,(H,28,32). The second-order valence-electron chi connectivity index (χ2n) is 10.3. The van der Waals surface area contributed by atoms with Crippen LogP contribution in [0.15, 0.2) is 48.5 Å². The van der Waals surface area contributed by atoms with Crippen LogP contribution < -0.4 is 11.1 Å². The van der Waals surface area contributed by atoms with Crippen molar-refractivity contribution in [1.82, 2.24) is 4.90 Å². The van der Waals surface area contributed by atoms with Crippen LogP contribution >= 0.6 is 0 Å². The molecular weight excluding hydrogens is 432 g/mol. The summed E-state index contributed by atoms with van der Waals surface area (Å²) in [5, 5.41) is 13.6. The van der Waals surface area contributed by atoms with Gasteiger partial charge in [0, 0.05) is 48.4 Å². The number of carbonyl (C=O) groups excluding carboxylic acids is 2. The number of nitro benzene ring substituents is 1. The van der Waals surface area contributed by atoms with Crippen molar-refractivity contribution in [2.45, 2.75) is 71.5 Å². The van der Waals surface area contributed by atoms with E-state index in [1.165, 1.54) is 24.3 Å². The molecule has 0 spiro atoms. The molecule has 0 aliphatic heterocycles. The normalized spacial score (nSPS) is 18.2. The maximum Gasteiger partial charge on any atom is 0.269 e. The van der Waals surface area contributed by atoms with Crippen LogP contribution in [0.4, 0.5) is 11.4 Å². The Morgan fingerprint density at radius 2 is 1.62 bits per heavy atom. The largest absolute Gasteiger partial charge is 0.335 e. The first kappa shape index (κ1) is 25.4. The third kappa shape index (κ3) is 7.12. The summed E-state index contributed by atoms with van der Waals surface area (Å²) in [5.74, 6) is -0.188. The van der Waals surface area contributed by atoms with Crippen molar-refractivity contribution in [1.29, 1.82) is 0 Å². The summed E-state index contributed by atoms with van der Waals surface area (Å²) in [4.78, 5) is 37.9. The summed E-state index contributed by atoms with van der Waals surface area (Å²) < 4.78 is 0. The van der Waals surface area contributed by atoms with Crippen molar-refractivity contribution in [3.63, 3.8) is 0 Å². The van der Waals surface area contributed by atoms with Crippen LogP contribution in [0.25, 0.3) is 0 Å². The Labute approximate surface area is 200 Å². The van der Waals surface area contributed by atoms with Crippen molar-refractivity contribution in [2.24, 2.45) is 11.1 Å². The summed E-state index contributed by atoms with van der Waals surface area (Å²) in [6.07, 6.45) is 4.18. The highest BCUT2D eigenvalue weighted by atomic mass is 16.6. The summed E-state index contributed by atoms with van der Waals surface area (Å²) in [6, 6.07) is 13.3. The Morgan fingerprint density at radius 1 is 1.03 bits per heavy atom. The molecule has 0 radical (unpaired) electrons. The molecule has 2 amide bonds. The third-order valence-corrected chi connectivity index (χ3v) is 6.09. The molecular formula is C26H34N4O4. The fraction of sp³-hybridized carbons (Fsp3) is 0.462. The topological polar surface area (TPSA) is 119 Å². The summed E-state index contributed by atoms with van der Waals surface area (Å²) >= 11 is 0. The quantitative estimate of drug-likeness (QED) is 0.445. The number of rotatable bonds is 7. The number of anilines is 1. The number of hydrogen-bond acceptors (Lipinski definition) is 5. The van der Waals surface area contributed by atoms with Crippen LogP contribution in [0.2, 0.25) is 0 Å². The summed E-state index contributed by atoms with van der Waals surface area (Å²) in [6.45, 7) is 6.73. The molecule has 2 aromatic rings. The Kier molecular flexibility index (Phi) is 8.04. The lowest BCUT2D eigenvalue weighted by Gasteiger charge is -2.37. The monoisotopic (exact) mass is 466 g/mol. The highest BCUT2D eigenvalue weighted by Gasteiger charge is 2.30. The molecule has 0 aromatic heterocycles. The number of nitrogens with zero attached hydrogens (tertiary/aromatic N) is 2. The molecule has 1 fully saturated rings. The first-order chi connectivity index (χ1) is 16.0. The second kappa shape index (κ2) is 10.8. The molecule has 1 saturated carbocycles. The van der Waals surface area contributed by atoms with E-state index in [-0.39, 0.29) is 35.0 Å². The fourth-order valence-electron chi connectivity index (χ4n) is 4.22. The highest BCUT2D eigenvalue weighted by molar-refractivity contribution is 6.04. The van der Waals surface area contributed by atoms with Crippen molar-refractivity contribution in [3.8, 4) is 0 Å². The number of benzene rings is 2. The van der Waals surface area contributed by atoms with Crippen molar-refractivity contribution in [2.75, 3.05) is 5.32 Å². The van der Waals surface area contributed by atoms with Gasteiger partial charge in [-0.15, -0.1) is 0 Å².